The van der Waals surface area contributed by atoms with Gasteiger partial charge in [-0.15, -0.1) is 0 Å². The van der Waals surface area contributed by atoms with Gasteiger partial charge in [0.25, 0.3) is 0 Å². The van der Waals surface area contributed by atoms with Gasteiger partial charge in [-0.05, 0) is 12.8 Å². The minimum atomic E-state index is -0.618. The second-order valence-corrected chi connectivity index (χ2v) is 3.56. The second-order valence-electron chi connectivity index (χ2n) is 3.56. The molecule has 1 aliphatic rings. The van der Waals surface area contributed by atoms with Gasteiger partial charge in [0.2, 0.25) is 5.91 Å². The molecular formula is C10H17FN2O3. The molecule has 1 N–H and O–H groups in total. The number of carbonyl (C=O) groups is 2. The molecule has 0 spiro atoms. The predicted octanol–water partition coefficient (Wildman–Crippen LogP) is 0.695. The third-order valence-corrected chi connectivity index (χ3v) is 2.30. The van der Waals surface area contributed by atoms with Crippen molar-refractivity contribution in [1.82, 2.24) is 10.2 Å². The van der Waals surface area contributed by atoms with E-state index in [1.807, 2.05) is 0 Å². The highest BCUT2D eigenvalue weighted by atomic mass is 19.1. The first-order valence-corrected chi connectivity index (χ1v) is 5.49. The van der Waals surface area contributed by atoms with Crippen LogP contribution in [0.1, 0.15) is 19.3 Å². The normalized spacial score (nSPS) is 17.1. The molecule has 6 heteroatoms. The zero-order valence-electron chi connectivity index (χ0n) is 9.21. The van der Waals surface area contributed by atoms with Crippen LogP contribution in [0.5, 0.6) is 0 Å². The zero-order valence-corrected chi connectivity index (χ0v) is 9.21. The molecular weight excluding hydrogens is 215 g/mol. The lowest BCUT2D eigenvalue weighted by Gasteiger charge is -2.17. The van der Waals surface area contributed by atoms with Gasteiger partial charge in [-0.3, -0.25) is 9.18 Å². The first kappa shape index (κ1) is 12.9. The van der Waals surface area contributed by atoms with Gasteiger partial charge in [0.1, 0.15) is 0 Å². The Morgan fingerprint density at radius 3 is 3.00 bits per heavy atom. The summed E-state index contributed by atoms with van der Waals surface area (Å²) < 4.78 is 16.7. The molecule has 92 valence electrons. The van der Waals surface area contributed by atoms with Gasteiger partial charge in [-0.2, -0.15) is 0 Å². The van der Waals surface area contributed by atoms with Crippen LogP contribution in [0.2, 0.25) is 0 Å². The highest BCUT2D eigenvalue weighted by Gasteiger charge is 2.23. The molecule has 1 aliphatic heterocycles. The fourth-order valence-electron chi connectivity index (χ4n) is 1.40. The second kappa shape index (κ2) is 7.16. The van der Waals surface area contributed by atoms with Crippen LogP contribution in [0, 0.1) is 0 Å². The van der Waals surface area contributed by atoms with E-state index >= 15 is 0 Å². The van der Waals surface area contributed by atoms with E-state index in [0.29, 0.717) is 38.9 Å². The van der Waals surface area contributed by atoms with Crippen LogP contribution in [-0.4, -0.2) is 49.8 Å². The van der Waals surface area contributed by atoms with Crippen LogP contribution in [0.15, 0.2) is 0 Å². The highest BCUT2D eigenvalue weighted by molar-refractivity contribution is 5.92. The number of amides is 2. The lowest BCUT2D eigenvalue weighted by atomic mass is 10.3. The number of ether oxygens (including phenoxy) is 1. The summed E-state index contributed by atoms with van der Waals surface area (Å²) in [5.41, 5.74) is 0. The van der Waals surface area contributed by atoms with Crippen LogP contribution in [-0.2, 0) is 9.53 Å². The van der Waals surface area contributed by atoms with E-state index < -0.39 is 12.8 Å². The minimum absolute atomic E-state index is 0.167. The molecule has 0 aliphatic carbocycles. The van der Waals surface area contributed by atoms with Crippen LogP contribution in [0.3, 0.4) is 0 Å². The van der Waals surface area contributed by atoms with E-state index in [0.717, 1.165) is 4.90 Å². The summed E-state index contributed by atoms with van der Waals surface area (Å²) in [6, 6.07) is 0. The highest BCUT2D eigenvalue weighted by Crippen LogP contribution is 2.02. The molecule has 1 fully saturated rings. The summed E-state index contributed by atoms with van der Waals surface area (Å²) in [5.74, 6) is -0.222. The van der Waals surface area contributed by atoms with Crippen LogP contribution < -0.4 is 5.32 Å². The lowest BCUT2D eigenvalue weighted by molar-refractivity contribution is -0.128. The van der Waals surface area contributed by atoms with Crippen LogP contribution >= 0.6 is 0 Å². The predicted molar refractivity (Wildman–Crippen MR) is 55.8 cm³/mol. The maximum absolute atomic E-state index is 11.8. The van der Waals surface area contributed by atoms with E-state index in [4.69, 9.17) is 4.74 Å². The molecule has 5 nitrogen and oxygen atoms in total. The molecule has 0 radical (unpaired) electrons. The fourth-order valence-corrected chi connectivity index (χ4v) is 1.40. The maximum atomic E-state index is 11.8. The summed E-state index contributed by atoms with van der Waals surface area (Å²) in [6.45, 7) is 1.26. The summed E-state index contributed by atoms with van der Waals surface area (Å²) in [7, 11) is 0. The molecule has 1 heterocycles. The van der Waals surface area contributed by atoms with Crippen molar-refractivity contribution in [3.8, 4) is 0 Å². The van der Waals surface area contributed by atoms with Gasteiger partial charge in [0.05, 0.1) is 13.3 Å². The average molecular weight is 232 g/mol. The lowest BCUT2D eigenvalue weighted by Crippen LogP contribution is -2.38. The van der Waals surface area contributed by atoms with E-state index in [-0.39, 0.29) is 12.5 Å². The summed E-state index contributed by atoms with van der Waals surface area (Å²) in [5, 5.41) is 3.02. The number of nitrogens with one attached hydrogen (secondary N) is 1. The van der Waals surface area contributed by atoms with E-state index in [1.54, 1.807) is 0 Å². The Morgan fingerprint density at radius 2 is 2.25 bits per heavy atom. The monoisotopic (exact) mass is 232 g/mol. The Kier molecular flexibility index (Phi) is 5.77. The summed E-state index contributed by atoms with van der Waals surface area (Å²) >= 11 is 0. The molecule has 0 aromatic heterocycles. The van der Waals surface area contributed by atoms with Crippen molar-refractivity contribution in [2.24, 2.45) is 0 Å². The van der Waals surface area contributed by atoms with Gasteiger partial charge < -0.3 is 10.1 Å². The van der Waals surface area contributed by atoms with Crippen molar-refractivity contribution < 1.29 is 18.7 Å². The van der Waals surface area contributed by atoms with Crippen molar-refractivity contribution in [2.75, 3.05) is 32.9 Å². The molecule has 2 amide bonds. The van der Waals surface area contributed by atoms with Gasteiger partial charge >= 0.3 is 6.09 Å². The molecule has 1 rings (SSSR count). The van der Waals surface area contributed by atoms with E-state index in [9.17, 15) is 14.0 Å². The van der Waals surface area contributed by atoms with Gasteiger partial charge in [-0.25, -0.2) is 9.69 Å². The number of rotatable bonds is 4. The van der Waals surface area contributed by atoms with Crippen molar-refractivity contribution in [1.29, 1.82) is 0 Å². The molecule has 16 heavy (non-hydrogen) atoms. The first-order chi connectivity index (χ1) is 7.75. The topological polar surface area (TPSA) is 58.6 Å². The zero-order chi connectivity index (χ0) is 11.8. The quantitative estimate of drug-likeness (QED) is 0.725. The SMILES string of the molecule is O=C1CCNCCN1C(=O)OCCCCF. The van der Waals surface area contributed by atoms with Gasteiger partial charge in [-0.1, -0.05) is 0 Å². The number of hydrogen-bond donors (Lipinski definition) is 1. The summed E-state index contributed by atoms with van der Waals surface area (Å²) in [4.78, 5) is 24.1. The van der Waals surface area contributed by atoms with Crippen molar-refractivity contribution in [3.05, 3.63) is 0 Å². The van der Waals surface area contributed by atoms with Crippen LogP contribution in [0.4, 0.5) is 9.18 Å². The minimum Gasteiger partial charge on any atom is -0.449 e. The maximum Gasteiger partial charge on any atom is 0.416 e. The van der Waals surface area contributed by atoms with Gasteiger partial charge in [0, 0.05) is 26.1 Å². The molecule has 0 bridgehead atoms. The Bertz CT molecular complexity index is 248. The van der Waals surface area contributed by atoms with Crippen LogP contribution in [0.25, 0.3) is 0 Å². The van der Waals surface area contributed by atoms with Crippen molar-refractivity contribution >= 4 is 12.0 Å². The Labute approximate surface area is 93.9 Å². The first-order valence-electron chi connectivity index (χ1n) is 5.49. The Hall–Kier alpha value is -1.17. The number of halogens is 1. The number of unbranched alkanes of at least 4 members (excludes halogenated alkanes) is 1. The number of nitrogens with zero attached hydrogens (tertiary/aromatic N) is 1. The summed E-state index contributed by atoms with van der Waals surface area (Å²) in [6.07, 6.45) is 0.554. The third-order valence-electron chi connectivity index (χ3n) is 2.30. The molecule has 1 saturated heterocycles. The van der Waals surface area contributed by atoms with E-state index in [2.05, 4.69) is 5.32 Å². The van der Waals surface area contributed by atoms with Gasteiger partial charge in [0.15, 0.2) is 0 Å². The molecule has 0 atom stereocenters. The number of imide groups is 1. The Morgan fingerprint density at radius 1 is 1.44 bits per heavy atom. The Balaban J connectivity index is 2.30. The number of hydrogen-bond acceptors (Lipinski definition) is 4. The number of carbonyl (C=O) groups excluding carboxylic acids is 2. The molecule has 0 saturated carbocycles. The smallest absolute Gasteiger partial charge is 0.416 e. The van der Waals surface area contributed by atoms with Crippen molar-refractivity contribution in [2.45, 2.75) is 19.3 Å². The largest absolute Gasteiger partial charge is 0.449 e. The number of alkyl halides is 1. The molecule has 0 unspecified atom stereocenters. The third kappa shape index (κ3) is 4.14. The van der Waals surface area contributed by atoms with E-state index in [1.165, 1.54) is 0 Å². The fraction of sp³-hybridized carbons (Fsp3) is 0.800. The van der Waals surface area contributed by atoms with Crippen molar-refractivity contribution in [3.63, 3.8) is 0 Å². The molecule has 0 aromatic rings. The standard InChI is InChI=1S/C10H17FN2O3/c11-4-1-2-8-16-10(15)13-7-6-12-5-3-9(13)14/h12H,1-8H2. The average Bonchev–Trinajstić information content (AvgIpc) is 2.49. The molecule has 0 aromatic carbocycles.